The molecule has 0 amide bonds. The minimum Gasteiger partial charge on any atom is -0.373 e. The highest BCUT2D eigenvalue weighted by Crippen LogP contribution is 2.37. The molecule has 1 saturated heterocycles. The second-order valence-corrected chi connectivity index (χ2v) is 13.2. The van der Waals surface area contributed by atoms with Gasteiger partial charge >= 0.3 is 0 Å². The van der Waals surface area contributed by atoms with Gasteiger partial charge in [-0.15, -0.1) is 0 Å². The first-order valence-electron chi connectivity index (χ1n) is 17.5. The maximum absolute atomic E-state index is 15.5. The highest BCUT2D eigenvalue weighted by molar-refractivity contribution is 5.71. The number of rotatable bonds is 16. The van der Waals surface area contributed by atoms with Crippen molar-refractivity contribution in [3.05, 3.63) is 95.3 Å². The van der Waals surface area contributed by atoms with E-state index >= 15 is 4.39 Å². The van der Waals surface area contributed by atoms with Gasteiger partial charge in [0, 0.05) is 11.1 Å². The molecule has 0 spiro atoms. The van der Waals surface area contributed by atoms with Gasteiger partial charge in [0.05, 0.1) is 12.7 Å². The van der Waals surface area contributed by atoms with E-state index in [9.17, 15) is 8.78 Å². The molecule has 3 aromatic carbocycles. The molecule has 45 heavy (non-hydrogen) atoms. The molecular weight excluding hydrogens is 565 g/mol. The monoisotopic (exact) mass is 618 g/mol. The Morgan fingerprint density at radius 3 is 2.07 bits per heavy atom. The first kappa shape index (κ1) is 35.0. The lowest BCUT2D eigenvalue weighted by molar-refractivity contribution is 0.0359. The predicted molar refractivity (Wildman–Crippen MR) is 183 cm³/mol. The highest BCUT2D eigenvalue weighted by Gasteiger charge is 2.25. The largest absolute Gasteiger partial charge is 0.373 e. The van der Waals surface area contributed by atoms with Crippen LogP contribution in [0.15, 0.2) is 66.7 Å². The highest BCUT2D eigenvalue weighted by atomic mass is 19.2. The van der Waals surface area contributed by atoms with Crippen LogP contribution in [0, 0.1) is 29.3 Å². The Kier molecular flexibility index (Phi) is 14.3. The molecule has 4 heteroatoms. The number of ether oxygens (including phenoxy) is 1. The SMILES string of the molecule is CCC/C=C\Cc1ccc(-c2ccc(-c3ccc(C4C[C@@H](C)CC(CCCCCCCCCC)CO4)cc3F)cc2)c(F)c1F. The molecule has 1 aliphatic rings. The van der Waals surface area contributed by atoms with Gasteiger partial charge in [0.2, 0.25) is 0 Å². The van der Waals surface area contributed by atoms with Crippen LogP contribution in [0.5, 0.6) is 0 Å². The summed E-state index contributed by atoms with van der Waals surface area (Å²) < 4.78 is 51.6. The maximum atomic E-state index is 15.5. The van der Waals surface area contributed by atoms with Gasteiger partial charge in [0.25, 0.3) is 0 Å². The molecule has 0 aliphatic carbocycles. The minimum atomic E-state index is -0.850. The molecule has 3 atom stereocenters. The second kappa shape index (κ2) is 18.3. The average molecular weight is 619 g/mol. The van der Waals surface area contributed by atoms with E-state index in [0.717, 1.165) is 31.4 Å². The van der Waals surface area contributed by atoms with Gasteiger partial charge in [-0.05, 0) is 72.3 Å². The average Bonchev–Trinajstić information content (AvgIpc) is 3.23. The van der Waals surface area contributed by atoms with E-state index in [2.05, 4.69) is 20.8 Å². The van der Waals surface area contributed by atoms with Gasteiger partial charge in [-0.25, -0.2) is 13.2 Å². The zero-order valence-electron chi connectivity index (χ0n) is 27.7. The van der Waals surface area contributed by atoms with Crippen molar-refractivity contribution in [1.82, 2.24) is 0 Å². The van der Waals surface area contributed by atoms with E-state index in [4.69, 9.17) is 4.74 Å². The topological polar surface area (TPSA) is 9.23 Å². The van der Waals surface area contributed by atoms with Gasteiger partial charge in [0.1, 0.15) is 5.82 Å². The molecule has 4 rings (SSSR count). The van der Waals surface area contributed by atoms with E-state index in [-0.39, 0.29) is 17.5 Å². The fourth-order valence-corrected chi connectivity index (χ4v) is 6.68. The summed E-state index contributed by atoms with van der Waals surface area (Å²) >= 11 is 0. The molecule has 244 valence electrons. The standard InChI is InChI=1S/C41H53F3O/c1-4-6-8-10-11-12-13-14-16-31-26-30(3)27-39(45-29-31)35-23-24-36(38(42)28-35)32-18-20-33(21-19-32)37-25-22-34(40(43)41(37)44)17-15-9-7-5-2/h9,15,18-25,28,30-31,39H,4-8,10-14,16-17,26-27,29H2,1-3H3/b15-9-/t30-,31?,39?/m0/s1. The lowest BCUT2D eigenvalue weighted by Crippen LogP contribution is -2.09. The molecular formula is C41H53F3O. The lowest BCUT2D eigenvalue weighted by atomic mass is 9.89. The first-order valence-corrected chi connectivity index (χ1v) is 17.5. The maximum Gasteiger partial charge on any atom is 0.166 e. The van der Waals surface area contributed by atoms with Crippen LogP contribution >= 0.6 is 0 Å². The molecule has 1 nitrogen and oxygen atoms in total. The van der Waals surface area contributed by atoms with Crippen LogP contribution in [0.3, 0.4) is 0 Å². The van der Waals surface area contributed by atoms with Crippen LogP contribution in [-0.2, 0) is 11.2 Å². The van der Waals surface area contributed by atoms with E-state index < -0.39 is 11.6 Å². The van der Waals surface area contributed by atoms with Gasteiger partial charge in [0.15, 0.2) is 11.6 Å². The van der Waals surface area contributed by atoms with Gasteiger partial charge < -0.3 is 4.74 Å². The number of allylic oxidation sites excluding steroid dienone is 2. The molecule has 0 saturated carbocycles. The van der Waals surface area contributed by atoms with Gasteiger partial charge in [-0.1, -0.05) is 139 Å². The summed E-state index contributed by atoms with van der Waals surface area (Å²) in [7, 11) is 0. The number of benzene rings is 3. The van der Waals surface area contributed by atoms with Crippen LogP contribution in [0.1, 0.15) is 121 Å². The number of hydrogen-bond acceptors (Lipinski definition) is 1. The smallest absolute Gasteiger partial charge is 0.166 e. The van der Waals surface area contributed by atoms with Crippen LogP contribution in [0.4, 0.5) is 13.2 Å². The van der Waals surface area contributed by atoms with Gasteiger partial charge in [-0.3, -0.25) is 0 Å². The molecule has 2 unspecified atom stereocenters. The van der Waals surface area contributed by atoms with Crippen LogP contribution < -0.4 is 0 Å². The van der Waals surface area contributed by atoms with Crippen molar-refractivity contribution in [2.45, 2.75) is 117 Å². The molecule has 0 N–H and O–H groups in total. The Morgan fingerprint density at radius 2 is 1.38 bits per heavy atom. The fourth-order valence-electron chi connectivity index (χ4n) is 6.68. The summed E-state index contributed by atoms with van der Waals surface area (Å²) in [4.78, 5) is 0. The zero-order chi connectivity index (χ0) is 32.0. The van der Waals surface area contributed by atoms with Crippen LogP contribution in [0.25, 0.3) is 22.3 Å². The third-order valence-corrected chi connectivity index (χ3v) is 9.35. The Labute approximate surface area is 270 Å². The summed E-state index contributed by atoms with van der Waals surface area (Å²) in [5, 5.41) is 0. The predicted octanol–water partition coefficient (Wildman–Crippen LogP) is 13.0. The van der Waals surface area contributed by atoms with Gasteiger partial charge in [-0.2, -0.15) is 0 Å². The fraction of sp³-hybridized carbons (Fsp3) is 0.512. The molecule has 1 heterocycles. The minimum absolute atomic E-state index is 0.0996. The van der Waals surface area contributed by atoms with Crippen molar-refractivity contribution in [1.29, 1.82) is 0 Å². The van der Waals surface area contributed by atoms with Crippen molar-refractivity contribution in [3.8, 4) is 22.3 Å². The second-order valence-electron chi connectivity index (χ2n) is 13.2. The molecule has 1 aliphatic heterocycles. The van der Waals surface area contributed by atoms with E-state index in [1.807, 2.05) is 24.3 Å². The Morgan fingerprint density at radius 1 is 0.711 bits per heavy atom. The Bertz CT molecular complexity index is 1350. The zero-order valence-corrected chi connectivity index (χ0v) is 27.7. The van der Waals surface area contributed by atoms with Crippen LogP contribution in [-0.4, -0.2) is 6.61 Å². The summed E-state index contributed by atoms with van der Waals surface area (Å²) in [6.45, 7) is 7.37. The summed E-state index contributed by atoms with van der Waals surface area (Å²) in [6.07, 6.45) is 20.0. The Hall–Kier alpha value is -2.85. The summed E-state index contributed by atoms with van der Waals surface area (Å²) in [6, 6.07) is 15.7. The van der Waals surface area contributed by atoms with Crippen molar-refractivity contribution in [3.63, 3.8) is 0 Å². The molecule has 0 aromatic heterocycles. The van der Waals surface area contributed by atoms with Crippen molar-refractivity contribution in [2.75, 3.05) is 6.61 Å². The van der Waals surface area contributed by atoms with Crippen molar-refractivity contribution in [2.24, 2.45) is 11.8 Å². The van der Waals surface area contributed by atoms with Crippen molar-refractivity contribution >= 4 is 0 Å². The number of unbranched alkanes of at least 4 members (excludes halogenated alkanes) is 8. The van der Waals surface area contributed by atoms with E-state index in [0.29, 0.717) is 40.5 Å². The van der Waals surface area contributed by atoms with Crippen molar-refractivity contribution < 1.29 is 17.9 Å². The lowest BCUT2D eigenvalue weighted by Gasteiger charge is -2.19. The molecule has 0 bridgehead atoms. The molecule has 3 aromatic rings. The Balaban J connectivity index is 1.34. The van der Waals surface area contributed by atoms with E-state index in [1.54, 1.807) is 42.5 Å². The summed E-state index contributed by atoms with van der Waals surface area (Å²) in [5.74, 6) is -0.853. The molecule has 0 radical (unpaired) electrons. The first-order chi connectivity index (χ1) is 21.9. The third-order valence-electron chi connectivity index (χ3n) is 9.35. The number of hydrogen-bond donors (Lipinski definition) is 0. The van der Waals surface area contributed by atoms with E-state index in [1.165, 1.54) is 64.2 Å². The number of halogens is 3. The van der Waals surface area contributed by atoms with Crippen LogP contribution in [0.2, 0.25) is 0 Å². The normalized spacial score (nSPS) is 18.8. The third kappa shape index (κ3) is 10.3. The summed E-state index contributed by atoms with van der Waals surface area (Å²) in [5.41, 5.74) is 3.17. The molecule has 1 fully saturated rings. The quantitative estimate of drug-likeness (QED) is 0.115.